The van der Waals surface area contributed by atoms with Crippen LogP contribution in [-0.4, -0.2) is 32.7 Å². The Morgan fingerprint density at radius 2 is 1.95 bits per heavy atom. The fraction of sp³-hybridized carbons (Fsp3) is 0.500. The molecular formula is C14H21ClN2O3. The molecule has 0 heterocycles. The molecule has 0 spiro atoms. The van der Waals surface area contributed by atoms with E-state index in [1.165, 1.54) is 7.11 Å². The second-order valence-corrected chi connectivity index (χ2v) is 4.75. The molecule has 6 heteroatoms. The average molecular weight is 301 g/mol. The first-order chi connectivity index (χ1) is 9.53. The molecule has 0 radical (unpaired) electrons. The summed E-state index contributed by atoms with van der Waals surface area (Å²) in [6, 6.07) is 2.98. The normalized spacial score (nSPS) is 11.7. The zero-order valence-corrected chi connectivity index (χ0v) is 13.0. The van der Waals surface area contributed by atoms with E-state index in [0.717, 1.165) is 6.42 Å². The van der Waals surface area contributed by atoms with Crippen molar-refractivity contribution in [1.29, 1.82) is 0 Å². The van der Waals surface area contributed by atoms with Crippen LogP contribution in [0.2, 0.25) is 5.02 Å². The molecule has 0 aliphatic rings. The molecule has 0 fully saturated rings. The number of carbonyl (C=O) groups is 1. The Labute approximate surface area is 124 Å². The number of nitrogens with one attached hydrogen (secondary N) is 2. The Hall–Kier alpha value is -1.62. The summed E-state index contributed by atoms with van der Waals surface area (Å²) >= 11 is 6.08. The highest BCUT2D eigenvalue weighted by molar-refractivity contribution is 6.32. The van der Waals surface area contributed by atoms with E-state index in [-0.39, 0.29) is 11.9 Å². The van der Waals surface area contributed by atoms with Crippen LogP contribution in [0.4, 0.5) is 5.69 Å². The smallest absolute Gasteiger partial charge is 0.242 e. The molecule has 1 rings (SSSR count). The molecule has 0 bridgehead atoms. The number of amides is 1. The molecule has 112 valence electrons. The maximum atomic E-state index is 11.8. The Bertz CT molecular complexity index is 466. The van der Waals surface area contributed by atoms with Crippen molar-refractivity contribution in [1.82, 2.24) is 5.32 Å². The molecule has 1 atom stereocenters. The van der Waals surface area contributed by atoms with Crippen LogP contribution < -0.4 is 20.1 Å². The van der Waals surface area contributed by atoms with Crippen molar-refractivity contribution in [2.45, 2.75) is 26.3 Å². The minimum absolute atomic E-state index is 0.0687. The number of benzene rings is 1. The number of hydrogen-bond acceptors (Lipinski definition) is 4. The molecule has 2 N–H and O–H groups in total. The summed E-state index contributed by atoms with van der Waals surface area (Å²) in [4.78, 5) is 11.8. The van der Waals surface area contributed by atoms with E-state index in [9.17, 15) is 4.79 Å². The highest BCUT2D eigenvalue weighted by Gasteiger charge is 2.16. The summed E-state index contributed by atoms with van der Waals surface area (Å²) < 4.78 is 10.4. The van der Waals surface area contributed by atoms with Crippen LogP contribution in [0.5, 0.6) is 11.5 Å². The Morgan fingerprint density at radius 3 is 2.50 bits per heavy atom. The van der Waals surface area contributed by atoms with Crippen molar-refractivity contribution in [3.63, 3.8) is 0 Å². The van der Waals surface area contributed by atoms with Gasteiger partial charge in [0.2, 0.25) is 5.91 Å². The minimum Gasteiger partial charge on any atom is -0.495 e. The molecule has 0 aliphatic carbocycles. The van der Waals surface area contributed by atoms with Crippen molar-refractivity contribution < 1.29 is 14.3 Å². The predicted molar refractivity (Wildman–Crippen MR) is 80.9 cm³/mol. The van der Waals surface area contributed by atoms with Crippen LogP contribution >= 0.6 is 11.6 Å². The van der Waals surface area contributed by atoms with Crippen LogP contribution in [0.25, 0.3) is 0 Å². The second-order valence-electron chi connectivity index (χ2n) is 4.34. The summed E-state index contributed by atoms with van der Waals surface area (Å²) in [6.07, 6.45) is 0.899. The second kappa shape index (κ2) is 7.85. The molecule has 0 aromatic heterocycles. The lowest BCUT2D eigenvalue weighted by Crippen LogP contribution is -2.37. The summed E-state index contributed by atoms with van der Waals surface area (Å²) in [5, 5.41) is 6.37. The Balaban J connectivity index is 2.85. The predicted octanol–water partition coefficient (Wildman–Crippen LogP) is 2.68. The van der Waals surface area contributed by atoms with E-state index in [0.29, 0.717) is 28.8 Å². The molecule has 0 saturated heterocycles. The van der Waals surface area contributed by atoms with Crippen molar-refractivity contribution >= 4 is 23.2 Å². The monoisotopic (exact) mass is 300 g/mol. The molecule has 20 heavy (non-hydrogen) atoms. The molecule has 1 amide bonds. The van der Waals surface area contributed by atoms with Gasteiger partial charge < -0.3 is 20.1 Å². The Morgan fingerprint density at radius 1 is 1.30 bits per heavy atom. The fourth-order valence-corrected chi connectivity index (χ4v) is 1.91. The van der Waals surface area contributed by atoms with Gasteiger partial charge in [-0.25, -0.2) is 0 Å². The van der Waals surface area contributed by atoms with E-state index < -0.39 is 0 Å². The van der Waals surface area contributed by atoms with Gasteiger partial charge in [-0.3, -0.25) is 4.79 Å². The van der Waals surface area contributed by atoms with E-state index >= 15 is 0 Å². The average Bonchev–Trinajstić information content (AvgIpc) is 2.44. The van der Waals surface area contributed by atoms with Gasteiger partial charge >= 0.3 is 0 Å². The largest absolute Gasteiger partial charge is 0.495 e. The highest BCUT2D eigenvalue weighted by Crippen LogP contribution is 2.36. The van der Waals surface area contributed by atoms with Crippen molar-refractivity contribution in [2.75, 3.05) is 26.1 Å². The zero-order valence-electron chi connectivity index (χ0n) is 12.2. The molecule has 0 saturated carbocycles. The van der Waals surface area contributed by atoms with Crippen LogP contribution in [0.1, 0.15) is 20.3 Å². The third-order valence-electron chi connectivity index (χ3n) is 2.79. The zero-order chi connectivity index (χ0) is 15.1. The maximum absolute atomic E-state index is 11.8. The Kier molecular flexibility index (Phi) is 6.45. The maximum Gasteiger partial charge on any atom is 0.242 e. The fourth-order valence-electron chi connectivity index (χ4n) is 1.67. The third kappa shape index (κ3) is 4.20. The number of halogens is 1. The minimum atomic E-state index is -0.389. The van der Waals surface area contributed by atoms with Crippen molar-refractivity contribution in [2.24, 2.45) is 0 Å². The van der Waals surface area contributed by atoms with Gasteiger partial charge in [-0.1, -0.05) is 18.5 Å². The van der Waals surface area contributed by atoms with E-state index in [1.54, 1.807) is 26.2 Å². The van der Waals surface area contributed by atoms with Gasteiger partial charge in [0.05, 0.1) is 24.9 Å². The first-order valence-electron chi connectivity index (χ1n) is 6.49. The number of rotatable bonds is 7. The van der Waals surface area contributed by atoms with E-state index in [1.807, 2.05) is 6.92 Å². The first kappa shape index (κ1) is 16.4. The van der Waals surface area contributed by atoms with Gasteiger partial charge in [-0.15, -0.1) is 0 Å². The SMILES string of the molecule is CCCNC(=O)[C@@H](C)Nc1cc(Cl)c(OC)cc1OC. The molecule has 0 aliphatic heterocycles. The summed E-state index contributed by atoms with van der Waals surface area (Å²) in [5.41, 5.74) is 0.650. The first-order valence-corrected chi connectivity index (χ1v) is 6.87. The topological polar surface area (TPSA) is 59.6 Å². The van der Waals surface area contributed by atoms with Gasteiger partial charge in [-0.05, 0) is 19.4 Å². The van der Waals surface area contributed by atoms with Gasteiger partial charge in [0.15, 0.2) is 0 Å². The third-order valence-corrected chi connectivity index (χ3v) is 3.08. The summed E-state index contributed by atoms with van der Waals surface area (Å²) in [6.45, 7) is 4.44. The number of hydrogen-bond donors (Lipinski definition) is 2. The number of ether oxygens (including phenoxy) is 2. The summed E-state index contributed by atoms with van der Waals surface area (Å²) in [5.74, 6) is 1.03. The molecular weight excluding hydrogens is 280 g/mol. The summed E-state index contributed by atoms with van der Waals surface area (Å²) in [7, 11) is 3.09. The lowest BCUT2D eigenvalue weighted by Gasteiger charge is -2.18. The number of methoxy groups -OCH3 is 2. The molecule has 1 aromatic rings. The highest BCUT2D eigenvalue weighted by atomic mass is 35.5. The van der Waals surface area contributed by atoms with Gasteiger partial charge in [-0.2, -0.15) is 0 Å². The lowest BCUT2D eigenvalue weighted by atomic mass is 10.2. The van der Waals surface area contributed by atoms with Crippen LogP contribution in [0, 0.1) is 0 Å². The van der Waals surface area contributed by atoms with Gasteiger partial charge in [0.25, 0.3) is 0 Å². The van der Waals surface area contributed by atoms with Gasteiger partial charge in [0.1, 0.15) is 17.5 Å². The van der Waals surface area contributed by atoms with Gasteiger partial charge in [0, 0.05) is 12.6 Å². The standard InChI is InChI=1S/C14H21ClN2O3/c1-5-6-16-14(18)9(2)17-11-7-10(15)12(19-3)8-13(11)20-4/h7-9,17H,5-6H2,1-4H3,(H,16,18)/t9-/m1/s1. The van der Waals surface area contributed by atoms with Crippen LogP contribution in [0.3, 0.4) is 0 Å². The number of anilines is 1. The molecule has 0 unspecified atom stereocenters. The van der Waals surface area contributed by atoms with Crippen LogP contribution in [0.15, 0.2) is 12.1 Å². The number of carbonyl (C=O) groups excluding carboxylic acids is 1. The molecule has 5 nitrogen and oxygen atoms in total. The van der Waals surface area contributed by atoms with E-state index in [4.69, 9.17) is 21.1 Å². The van der Waals surface area contributed by atoms with Crippen molar-refractivity contribution in [3.8, 4) is 11.5 Å². The van der Waals surface area contributed by atoms with Crippen molar-refractivity contribution in [3.05, 3.63) is 17.2 Å². The quantitative estimate of drug-likeness (QED) is 0.813. The van der Waals surface area contributed by atoms with Crippen LogP contribution in [-0.2, 0) is 4.79 Å². The van der Waals surface area contributed by atoms with E-state index in [2.05, 4.69) is 10.6 Å². The lowest BCUT2D eigenvalue weighted by molar-refractivity contribution is -0.121. The molecule has 1 aromatic carbocycles.